The molecule has 3 nitrogen and oxygen atoms in total. The zero-order valence-electron chi connectivity index (χ0n) is 34.5. The summed E-state index contributed by atoms with van der Waals surface area (Å²) in [6.45, 7) is 0. The highest BCUT2D eigenvalue weighted by atomic mass is 15.0. The zero-order chi connectivity index (χ0) is 40.6. The van der Waals surface area contributed by atoms with Crippen molar-refractivity contribution in [1.82, 2.24) is 14.5 Å². The fourth-order valence-corrected chi connectivity index (χ4v) is 8.16. The van der Waals surface area contributed by atoms with Gasteiger partial charge in [-0.3, -0.25) is 0 Å². The van der Waals surface area contributed by atoms with Gasteiger partial charge in [0.2, 0.25) is 0 Å². The summed E-state index contributed by atoms with van der Waals surface area (Å²) in [6, 6.07) is 56.7. The molecule has 0 aliphatic rings. The van der Waals surface area contributed by atoms with Crippen molar-refractivity contribution in [3.05, 3.63) is 200 Å². The zero-order valence-corrected chi connectivity index (χ0v) is 29.5. The van der Waals surface area contributed by atoms with Crippen molar-refractivity contribution in [2.45, 2.75) is 0 Å². The van der Waals surface area contributed by atoms with Gasteiger partial charge in [-0.05, 0) is 80.9 Å². The van der Waals surface area contributed by atoms with Crippen LogP contribution in [0, 0.1) is 0 Å². The average molecular weight is 705 g/mol. The van der Waals surface area contributed by atoms with Gasteiger partial charge in [0.25, 0.3) is 0 Å². The van der Waals surface area contributed by atoms with E-state index in [-0.39, 0.29) is 29.7 Å². The Morgan fingerprint density at radius 1 is 0.418 bits per heavy atom. The summed E-state index contributed by atoms with van der Waals surface area (Å²) in [4.78, 5) is 10.5. The van der Waals surface area contributed by atoms with E-state index in [0.717, 1.165) is 60.6 Å². The molecule has 0 radical (unpaired) electrons. The van der Waals surface area contributed by atoms with Gasteiger partial charge in [0, 0.05) is 32.7 Å². The van der Waals surface area contributed by atoms with E-state index in [9.17, 15) is 0 Å². The molecule has 11 aromatic rings. The van der Waals surface area contributed by atoms with E-state index in [4.69, 9.17) is 16.8 Å². The van der Waals surface area contributed by atoms with Crippen LogP contribution in [0.25, 0.3) is 105 Å². The minimum atomic E-state index is -0.424. The lowest BCUT2D eigenvalue weighted by Crippen LogP contribution is -1.99. The molecule has 0 amide bonds. The quantitative estimate of drug-likeness (QED) is 0.179. The highest BCUT2D eigenvalue weighted by Gasteiger charge is 2.21. The van der Waals surface area contributed by atoms with Crippen LogP contribution in [0.3, 0.4) is 0 Å². The Labute approximate surface area is 325 Å². The molecule has 2 aromatic heterocycles. The third-order valence-electron chi connectivity index (χ3n) is 10.7. The Morgan fingerprint density at radius 2 is 1.13 bits per heavy atom. The molecule has 0 N–H and O–H groups in total. The molecule has 0 aliphatic heterocycles. The molecular weight excluding hydrogens is 667 g/mol. The van der Waals surface area contributed by atoms with Crippen LogP contribution in [0.1, 0.15) is 6.85 Å². The van der Waals surface area contributed by atoms with Crippen LogP contribution >= 0.6 is 0 Å². The summed E-state index contributed by atoms with van der Waals surface area (Å²) in [5.74, 6) is 0.516. The Balaban J connectivity index is 1.18. The molecule has 256 valence electrons. The van der Waals surface area contributed by atoms with E-state index in [2.05, 4.69) is 120 Å². The summed E-state index contributed by atoms with van der Waals surface area (Å²) in [5, 5.41) is 7.51. The standard InChI is InChI=1S/C52H33N3/c1-4-15-34(16-5-1)39-27-28-44-46(32-39)53-52(54-51(44)36-19-8-3-9-20-36)43-29-30-47(42-24-13-12-23-41(42)43)55-48-26-14-25-40(35-17-6-2-7-18-35)50(48)45-31-37-21-10-11-22-38(37)33-49(45)55/h1-33H/i1D,4D,5D,15D,16D. The van der Waals surface area contributed by atoms with Crippen LogP contribution in [0.4, 0.5) is 0 Å². The summed E-state index contributed by atoms with van der Waals surface area (Å²) in [7, 11) is 0. The molecular formula is C52H33N3. The Bertz CT molecular complexity index is 3520. The molecule has 0 fully saturated rings. The minimum Gasteiger partial charge on any atom is -0.309 e. The molecule has 3 heteroatoms. The highest BCUT2D eigenvalue weighted by molar-refractivity contribution is 6.19. The fourth-order valence-electron chi connectivity index (χ4n) is 8.16. The maximum absolute atomic E-state index is 8.69. The second-order valence-electron chi connectivity index (χ2n) is 13.8. The molecule has 11 rings (SSSR count). The minimum absolute atomic E-state index is 0.133. The first-order valence-corrected chi connectivity index (χ1v) is 18.3. The number of aromatic nitrogens is 3. The van der Waals surface area contributed by atoms with Crippen LogP contribution in [-0.4, -0.2) is 14.5 Å². The second-order valence-corrected chi connectivity index (χ2v) is 13.8. The van der Waals surface area contributed by atoms with Crippen LogP contribution in [0.15, 0.2) is 200 Å². The van der Waals surface area contributed by atoms with Crippen LogP contribution in [0.2, 0.25) is 0 Å². The van der Waals surface area contributed by atoms with Crippen molar-refractivity contribution in [1.29, 1.82) is 0 Å². The maximum atomic E-state index is 8.69. The molecule has 0 unspecified atom stereocenters. The first-order chi connectivity index (χ1) is 29.4. The molecule has 2 heterocycles. The number of hydrogen-bond acceptors (Lipinski definition) is 2. The molecule has 0 saturated carbocycles. The molecule has 9 aromatic carbocycles. The summed E-state index contributed by atoms with van der Waals surface area (Å²) < 4.78 is 44.6. The van der Waals surface area contributed by atoms with E-state index in [1.165, 1.54) is 21.7 Å². The smallest absolute Gasteiger partial charge is 0.161 e. The largest absolute Gasteiger partial charge is 0.309 e. The maximum Gasteiger partial charge on any atom is 0.161 e. The van der Waals surface area contributed by atoms with Gasteiger partial charge in [-0.25, -0.2) is 9.97 Å². The van der Waals surface area contributed by atoms with Crippen molar-refractivity contribution < 1.29 is 6.85 Å². The van der Waals surface area contributed by atoms with E-state index < -0.39 is 6.04 Å². The van der Waals surface area contributed by atoms with Crippen molar-refractivity contribution in [2.75, 3.05) is 0 Å². The predicted molar refractivity (Wildman–Crippen MR) is 231 cm³/mol. The first kappa shape index (κ1) is 26.4. The lowest BCUT2D eigenvalue weighted by molar-refractivity contribution is 1.19. The third kappa shape index (κ3) is 5.13. The highest BCUT2D eigenvalue weighted by Crippen LogP contribution is 2.43. The number of rotatable bonds is 5. The van der Waals surface area contributed by atoms with Gasteiger partial charge in [-0.1, -0.05) is 158 Å². The van der Waals surface area contributed by atoms with Gasteiger partial charge in [0.1, 0.15) is 0 Å². The van der Waals surface area contributed by atoms with Crippen LogP contribution in [-0.2, 0) is 0 Å². The average Bonchev–Trinajstić information content (AvgIpc) is 3.62. The van der Waals surface area contributed by atoms with E-state index >= 15 is 0 Å². The van der Waals surface area contributed by atoms with Gasteiger partial charge in [0.15, 0.2) is 5.82 Å². The lowest BCUT2D eigenvalue weighted by atomic mass is 9.98. The second kappa shape index (κ2) is 12.6. The monoisotopic (exact) mass is 704 g/mol. The molecule has 0 atom stereocenters. The van der Waals surface area contributed by atoms with Crippen molar-refractivity contribution >= 4 is 54.3 Å². The van der Waals surface area contributed by atoms with Crippen molar-refractivity contribution in [3.63, 3.8) is 0 Å². The molecule has 0 aliphatic carbocycles. The summed E-state index contributed by atoms with van der Waals surface area (Å²) in [5.41, 5.74) is 9.28. The van der Waals surface area contributed by atoms with Crippen molar-refractivity contribution in [3.8, 4) is 50.6 Å². The Kier molecular flexibility index (Phi) is 6.07. The SMILES string of the molecule is [2H]c1c([2H])c([2H])c(-c2ccc3c(-c4ccccc4)nc(-c4ccc(-n5c6cc7ccccc7cc6c6c(-c7ccccc7)cccc65)c5ccccc45)nc3c2)c([2H])c1[2H]. The number of benzene rings is 9. The molecule has 0 bridgehead atoms. The number of fused-ring (bicyclic) bond motifs is 6. The first-order valence-electron chi connectivity index (χ1n) is 20.8. The number of hydrogen-bond donors (Lipinski definition) is 0. The van der Waals surface area contributed by atoms with Gasteiger partial charge in [-0.2, -0.15) is 0 Å². The van der Waals surface area contributed by atoms with E-state index in [0.29, 0.717) is 16.9 Å². The summed E-state index contributed by atoms with van der Waals surface area (Å²) >= 11 is 0. The third-order valence-corrected chi connectivity index (χ3v) is 10.7. The lowest BCUT2D eigenvalue weighted by Gasteiger charge is -2.16. The molecule has 0 spiro atoms. The normalized spacial score (nSPS) is 12.9. The van der Waals surface area contributed by atoms with Gasteiger partial charge in [0.05, 0.1) is 34.8 Å². The predicted octanol–water partition coefficient (Wildman–Crippen LogP) is 13.7. The van der Waals surface area contributed by atoms with Gasteiger partial charge >= 0.3 is 0 Å². The van der Waals surface area contributed by atoms with Gasteiger partial charge < -0.3 is 4.57 Å². The van der Waals surface area contributed by atoms with Crippen LogP contribution < -0.4 is 0 Å². The van der Waals surface area contributed by atoms with Crippen LogP contribution in [0.5, 0.6) is 0 Å². The number of nitrogens with zero attached hydrogens (tertiary/aromatic N) is 3. The Hall–Kier alpha value is -7.36. The summed E-state index contributed by atoms with van der Waals surface area (Å²) in [6.07, 6.45) is 0. The van der Waals surface area contributed by atoms with Gasteiger partial charge in [-0.15, -0.1) is 0 Å². The topological polar surface area (TPSA) is 30.7 Å². The fraction of sp³-hybridized carbons (Fsp3) is 0. The van der Waals surface area contributed by atoms with E-state index in [1.807, 2.05) is 48.5 Å². The Morgan fingerprint density at radius 3 is 1.93 bits per heavy atom. The van der Waals surface area contributed by atoms with E-state index in [1.54, 1.807) is 6.07 Å². The van der Waals surface area contributed by atoms with Crippen molar-refractivity contribution in [2.24, 2.45) is 0 Å². The molecule has 0 saturated heterocycles. The molecule has 55 heavy (non-hydrogen) atoms.